The summed E-state index contributed by atoms with van der Waals surface area (Å²) in [6.45, 7) is 4.36. The van der Waals surface area contributed by atoms with Crippen LogP contribution in [0.15, 0.2) is 6.20 Å². The van der Waals surface area contributed by atoms with Crippen molar-refractivity contribution in [2.75, 3.05) is 5.32 Å². The number of fused-ring (bicyclic) bond motifs is 1. The summed E-state index contributed by atoms with van der Waals surface area (Å²) in [5.74, 6) is 0.753. The number of rotatable bonds is 6. The average molecular weight is 268 g/mol. The topological polar surface area (TPSA) is 66.5 Å². The summed E-state index contributed by atoms with van der Waals surface area (Å²) in [7, 11) is 0. The lowest BCUT2D eigenvalue weighted by atomic mass is 10.1. The van der Waals surface area contributed by atoms with E-state index in [2.05, 4.69) is 39.3 Å². The lowest BCUT2D eigenvalue weighted by molar-refractivity contribution is 0.614. The van der Waals surface area contributed by atoms with Gasteiger partial charge in [-0.1, -0.05) is 26.2 Å². The predicted molar refractivity (Wildman–Crippen MR) is 73.9 cm³/mol. The summed E-state index contributed by atoms with van der Waals surface area (Å²) in [6, 6.07) is 0.362. The van der Waals surface area contributed by atoms with E-state index in [-0.39, 0.29) is 5.28 Å². The molecule has 0 saturated carbocycles. The molecule has 2 N–H and O–H groups in total. The molecular weight excluding hydrogens is 250 g/mol. The summed E-state index contributed by atoms with van der Waals surface area (Å²) in [6.07, 6.45) is 6.55. The molecule has 0 saturated heterocycles. The standard InChI is InChI=1S/C12H18ClN5/c1-3-4-5-6-8(2)15-10-9-7-14-18-11(9)17-12(13)16-10/h7-8H,3-6H2,1-2H3,(H2,14,15,16,17,18). The molecule has 0 aromatic carbocycles. The number of halogens is 1. The first-order valence-corrected chi connectivity index (χ1v) is 6.71. The van der Waals surface area contributed by atoms with Crippen molar-refractivity contribution in [1.29, 1.82) is 0 Å². The van der Waals surface area contributed by atoms with Gasteiger partial charge in [0, 0.05) is 6.04 Å². The highest BCUT2D eigenvalue weighted by Gasteiger charge is 2.10. The van der Waals surface area contributed by atoms with Gasteiger partial charge in [0.2, 0.25) is 5.28 Å². The highest BCUT2D eigenvalue weighted by atomic mass is 35.5. The Morgan fingerprint density at radius 1 is 1.39 bits per heavy atom. The van der Waals surface area contributed by atoms with Crippen LogP contribution in [-0.4, -0.2) is 26.2 Å². The molecule has 0 spiro atoms. The van der Waals surface area contributed by atoms with Gasteiger partial charge in [0.25, 0.3) is 0 Å². The molecule has 1 unspecified atom stereocenters. The zero-order chi connectivity index (χ0) is 13.0. The Balaban J connectivity index is 2.08. The number of aromatic nitrogens is 4. The number of nitrogens with one attached hydrogen (secondary N) is 2. The van der Waals surface area contributed by atoms with Crippen molar-refractivity contribution in [2.24, 2.45) is 0 Å². The molecule has 98 valence electrons. The van der Waals surface area contributed by atoms with E-state index < -0.39 is 0 Å². The molecule has 2 aromatic rings. The van der Waals surface area contributed by atoms with Crippen LogP contribution in [0.1, 0.15) is 39.5 Å². The van der Waals surface area contributed by atoms with Gasteiger partial charge in [-0.25, -0.2) is 0 Å². The number of hydrogen-bond acceptors (Lipinski definition) is 4. The Morgan fingerprint density at radius 3 is 3.00 bits per heavy atom. The molecule has 18 heavy (non-hydrogen) atoms. The molecule has 0 aliphatic rings. The largest absolute Gasteiger partial charge is 0.367 e. The third kappa shape index (κ3) is 3.10. The maximum Gasteiger partial charge on any atom is 0.226 e. The van der Waals surface area contributed by atoms with E-state index in [0.717, 1.165) is 17.6 Å². The van der Waals surface area contributed by atoms with Gasteiger partial charge >= 0.3 is 0 Å². The second-order valence-electron chi connectivity index (χ2n) is 4.51. The van der Waals surface area contributed by atoms with Gasteiger partial charge in [-0.3, -0.25) is 5.10 Å². The van der Waals surface area contributed by atoms with Crippen molar-refractivity contribution in [3.05, 3.63) is 11.5 Å². The zero-order valence-electron chi connectivity index (χ0n) is 10.7. The number of aromatic amines is 1. The molecule has 6 heteroatoms. The van der Waals surface area contributed by atoms with Gasteiger partial charge in [0.05, 0.1) is 11.6 Å². The van der Waals surface area contributed by atoms with Crippen LogP contribution >= 0.6 is 11.6 Å². The van der Waals surface area contributed by atoms with E-state index >= 15 is 0 Å². The number of anilines is 1. The van der Waals surface area contributed by atoms with Gasteiger partial charge < -0.3 is 5.32 Å². The van der Waals surface area contributed by atoms with Crippen LogP contribution in [0.4, 0.5) is 5.82 Å². The first-order valence-electron chi connectivity index (χ1n) is 6.34. The Morgan fingerprint density at radius 2 is 2.22 bits per heavy atom. The number of hydrogen-bond donors (Lipinski definition) is 2. The number of nitrogens with zero attached hydrogens (tertiary/aromatic N) is 3. The zero-order valence-corrected chi connectivity index (χ0v) is 11.5. The molecule has 5 nitrogen and oxygen atoms in total. The van der Waals surface area contributed by atoms with Crippen LogP contribution in [0, 0.1) is 0 Å². The summed E-state index contributed by atoms with van der Waals surface area (Å²) >= 11 is 5.88. The Labute approximate surface area is 111 Å². The third-order valence-corrected chi connectivity index (χ3v) is 3.08. The monoisotopic (exact) mass is 267 g/mol. The van der Waals surface area contributed by atoms with Crippen molar-refractivity contribution in [3.63, 3.8) is 0 Å². The molecule has 2 heterocycles. The fraction of sp³-hybridized carbons (Fsp3) is 0.583. The molecule has 2 rings (SSSR count). The Bertz CT molecular complexity index is 510. The summed E-state index contributed by atoms with van der Waals surface area (Å²) in [5, 5.41) is 11.2. The van der Waals surface area contributed by atoms with Gasteiger partial charge in [-0.15, -0.1) is 0 Å². The third-order valence-electron chi connectivity index (χ3n) is 2.91. The summed E-state index contributed by atoms with van der Waals surface area (Å²) < 4.78 is 0. The van der Waals surface area contributed by atoms with Crippen molar-refractivity contribution in [3.8, 4) is 0 Å². The maximum atomic E-state index is 5.88. The molecule has 0 radical (unpaired) electrons. The molecule has 0 bridgehead atoms. The first kappa shape index (κ1) is 13.1. The van der Waals surface area contributed by atoms with E-state index in [1.165, 1.54) is 19.3 Å². The quantitative estimate of drug-likeness (QED) is 0.622. The van der Waals surface area contributed by atoms with Crippen LogP contribution < -0.4 is 5.32 Å². The van der Waals surface area contributed by atoms with Gasteiger partial charge in [0.1, 0.15) is 5.82 Å². The summed E-state index contributed by atoms with van der Waals surface area (Å²) in [5.41, 5.74) is 0.665. The fourth-order valence-electron chi connectivity index (χ4n) is 1.92. The normalized spacial score (nSPS) is 12.8. The minimum Gasteiger partial charge on any atom is -0.367 e. The van der Waals surface area contributed by atoms with Crippen LogP contribution in [0.3, 0.4) is 0 Å². The van der Waals surface area contributed by atoms with Crippen molar-refractivity contribution >= 4 is 28.5 Å². The van der Waals surface area contributed by atoms with Gasteiger partial charge in [-0.2, -0.15) is 15.1 Å². The van der Waals surface area contributed by atoms with Crippen LogP contribution in [0.2, 0.25) is 5.28 Å². The van der Waals surface area contributed by atoms with Gasteiger partial charge in [0.15, 0.2) is 5.65 Å². The second-order valence-corrected chi connectivity index (χ2v) is 4.85. The van der Waals surface area contributed by atoms with E-state index in [4.69, 9.17) is 11.6 Å². The first-order chi connectivity index (χ1) is 8.70. The predicted octanol–water partition coefficient (Wildman–Crippen LogP) is 3.39. The lowest BCUT2D eigenvalue weighted by Crippen LogP contribution is -2.16. The highest BCUT2D eigenvalue weighted by Crippen LogP contribution is 2.21. The fourth-order valence-corrected chi connectivity index (χ4v) is 2.09. The molecule has 2 aromatic heterocycles. The van der Waals surface area contributed by atoms with Crippen LogP contribution in [0.25, 0.3) is 11.0 Å². The van der Waals surface area contributed by atoms with Crippen LogP contribution in [-0.2, 0) is 0 Å². The van der Waals surface area contributed by atoms with Gasteiger partial charge in [-0.05, 0) is 24.9 Å². The summed E-state index contributed by atoms with van der Waals surface area (Å²) in [4.78, 5) is 8.30. The maximum absolute atomic E-state index is 5.88. The molecular formula is C12H18ClN5. The molecule has 0 aliphatic heterocycles. The average Bonchev–Trinajstić information content (AvgIpc) is 2.77. The van der Waals surface area contributed by atoms with E-state index in [0.29, 0.717) is 11.7 Å². The Kier molecular flexibility index (Phi) is 4.36. The van der Waals surface area contributed by atoms with Crippen LogP contribution in [0.5, 0.6) is 0 Å². The second kappa shape index (κ2) is 6.00. The van der Waals surface area contributed by atoms with E-state index in [1.54, 1.807) is 6.20 Å². The minimum absolute atomic E-state index is 0.231. The van der Waals surface area contributed by atoms with Crippen molar-refractivity contribution in [2.45, 2.75) is 45.6 Å². The van der Waals surface area contributed by atoms with E-state index in [9.17, 15) is 0 Å². The molecule has 1 atom stereocenters. The van der Waals surface area contributed by atoms with E-state index in [1.807, 2.05) is 0 Å². The number of H-pyrrole nitrogens is 1. The lowest BCUT2D eigenvalue weighted by Gasteiger charge is -2.14. The van der Waals surface area contributed by atoms with Crippen molar-refractivity contribution < 1.29 is 0 Å². The Hall–Kier alpha value is -1.36. The highest BCUT2D eigenvalue weighted by molar-refractivity contribution is 6.28. The smallest absolute Gasteiger partial charge is 0.226 e. The van der Waals surface area contributed by atoms with Crippen molar-refractivity contribution in [1.82, 2.24) is 20.2 Å². The molecule has 0 aliphatic carbocycles. The number of unbranched alkanes of at least 4 members (excludes halogenated alkanes) is 2. The SMILES string of the molecule is CCCCCC(C)Nc1nc(Cl)nc2[nH]ncc12. The molecule has 0 fully saturated rings. The molecule has 0 amide bonds. The minimum atomic E-state index is 0.231.